The van der Waals surface area contributed by atoms with Crippen LogP contribution in [0.25, 0.3) is 10.9 Å². The lowest BCUT2D eigenvalue weighted by atomic mass is 10.2. The molecule has 0 unspecified atom stereocenters. The highest BCUT2D eigenvalue weighted by Gasteiger charge is 2.30. The number of hydrogen-bond acceptors (Lipinski definition) is 4. The summed E-state index contributed by atoms with van der Waals surface area (Å²) in [5.74, 6) is 0. The number of aromatic nitrogens is 1. The highest BCUT2D eigenvalue weighted by atomic mass is 35.5. The molecule has 5 nitrogen and oxygen atoms in total. The number of pyridine rings is 1. The van der Waals surface area contributed by atoms with Gasteiger partial charge in [-0.2, -0.15) is 4.31 Å². The Labute approximate surface area is 174 Å². The first-order chi connectivity index (χ1) is 13.4. The zero-order valence-corrected chi connectivity index (χ0v) is 17.4. The van der Waals surface area contributed by atoms with Gasteiger partial charge in [-0.3, -0.25) is 9.88 Å². The van der Waals surface area contributed by atoms with Gasteiger partial charge in [0.05, 0.1) is 5.52 Å². The number of hydrogen-bond donors (Lipinski definition) is 0. The highest BCUT2D eigenvalue weighted by Crippen LogP contribution is 2.26. The van der Waals surface area contributed by atoms with E-state index >= 15 is 0 Å². The SMILES string of the molecule is O=S(=O)(c1cccc2cccnc12)N1CCN(Cc2ccc(Cl)cc2Cl)CC1. The second-order valence-electron chi connectivity index (χ2n) is 6.75. The first-order valence-electron chi connectivity index (χ1n) is 8.95. The summed E-state index contributed by atoms with van der Waals surface area (Å²) in [7, 11) is -3.60. The van der Waals surface area contributed by atoms with Crippen molar-refractivity contribution in [3.63, 3.8) is 0 Å². The molecule has 146 valence electrons. The average Bonchev–Trinajstić information content (AvgIpc) is 2.70. The molecule has 0 N–H and O–H groups in total. The van der Waals surface area contributed by atoms with Crippen molar-refractivity contribution in [3.8, 4) is 0 Å². The van der Waals surface area contributed by atoms with E-state index in [-0.39, 0.29) is 4.90 Å². The van der Waals surface area contributed by atoms with Crippen molar-refractivity contribution in [2.24, 2.45) is 0 Å². The summed E-state index contributed by atoms with van der Waals surface area (Å²) in [6.45, 7) is 2.79. The van der Waals surface area contributed by atoms with Crippen molar-refractivity contribution >= 4 is 44.1 Å². The number of halogens is 2. The highest BCUT2D eigenvalue weighted by molar-refractivity contribution is 7.89. The summed E-state index contributed by atoms with van der Waals surface area (Å²) >= 11 is 12.2. The van der Waals surface area contributed by atoms with E-state index in [4.69, 9.17) is 23.2 Å². The second kappa shape index (κ2) is 7.97. The van der Waals surface area contributed by atoms with Crippen LogP contribution in [0, 0.1) is 0 Å². The lowest BCUT2D eigenvalue weighted by molar-refractivity contribution is 0.181. The predicted molar refractivity (Wildman–Crippen MR) is 112 cm³/mol. The number of rotatable bonds is 4. The molecular weight excluding hydrogens is 417 g/mol. The molecule has 1 aliphatic rings. The lowest BCUT2D eigenvalue weighted by Gasteiger charge is -2.34. The number of benzene rings is 2. The van der Waals surface area contributed by atoms with Crippen molar-refractivity contribution in [3.05, 3.63) is 70.3 Å². The quantitative estimate of drug-likeness (QED) is 0.620. The Morgan fingerprint density at radius 1 is 0.964 bits per heavy atom. The van der Waals surface area contributed by atoms with E-state index in [2.05, 4.69) is 9.88 Å². The van der Waals surface area contributed by atoms with Crippen molar-refractivity contribution < 1.29 is 8.42 Å². The Kier molecular flexibility index (Phi) is 5.58. The largest absolute Gasteiger partial charge is 0.296 e. The maximum Gasteiger partial charge on any atom is 0.245 e. The third kappa shape index (κ3) is 3.88. The molecule has 1 aliphatic heterocycles. The van der Waals surface area contributed by atoms with Crippen molar-refractivity contribution in [1.29, 1.82) is 0 Å². The van der Waals surface area contributed by atoms with Gasteiger partial charge in [0.2, 0.25) is 10.0 Å². The average molecular weight is 436 g/mol. The van der Waals surface area contributed by atoms with Gasteiger partial charge in [-0.25, -0.2) is 8.42 Å². The fourth-order valence-corrected chi connectivity index (χ4v) is 5.50. The van der Waals surface area contributed by atoms with Gasteiger partial charge in [0.1, 0.15) is 4.90 Å². The Morgan fingerprint density at radius 3 is 2.46 bits per heavy atom. The molecule has 28 heavy (non-hydrogen) atoms. The van der Waals surface area contributed by atoms with Crippen LogP contribution in [0.3, 0.4) is 0 Å². The molecule has 0 saturated carbocycles. The van der Waals surface area contributed by atoms with Crippen molar-refractivity contribution in [2.75, 3.05) is 26.2 Å². The Bertz CT molecular complexity index is 1110. The fraction of sp³-hybridized carbons (Fsp3) is 0.250. The van der Waals surface area contributed by atoms with Gasteiger partial charge in [-0.15, -0.1) is 0 Å². The summed E-state index contributed by atoms with van der Waals surface area (Å²) in [5, 5.41) is 2.05. The Hall–Kier alpha value is -1.70. The van der Waals surface area contributed by atoms with Crippen molar-refractivity contribution in [1.82, 2.24) is 14.2 Å². The molecule has 1 fully saturated rings. The first kappa shape index (κ1) is 19.6. The second-order valence-corrected chi connectivity index (χ2v) is 9.50. The molecule has 2 heterocycles. The summed E-state index contributed by atoms with van der Waals surface area (Å²) in [6.07, 6.45) is 1.62. The third-order valence-corrected chi connectivity index (χ3v) is 7.47. The third-order valence-electron chi connectivity index (χ3n) is 4.95. The smallest absolute Gasteiger partial charge is 0.245 e. The molecule has 0 aliphatic carbocycles. The van der Waals surface area contributed by atoms with Crippen LogP contribution >= 0.6 is 23.2 Å². The van der Waals surface area contributed by atoms with Crippen LogP contribution in [0.2, 0.25) is 10.0 Å². The van der Waals surface area contributed by atoms with Crippen LogP contribution in [0.15, 0.2) is 59.6 Å². The van der Waals surface area contributed by atoms with Gasteiger partial charge >= 0.3 is 0 Å². The molecule has 4 rings (SSSR count). The fourth-order valence-electron chi connectivity index (χ4n) is 3.44. The molecule has 1 aromatic heterocycles. The van der Waals surface area contributed by atoms with Gasteiger partial charge in [-0.1, -0.05) is 47.5 Å². The normalized spacial score (nSPS) is 16.5. The minimum atomic E-state index is -3.60. The standard InChI is InChI=1S/C20H19Cl2N3O2S/c21-17-7-6-16(18(22)13-17)14-24-9-11-25(12-10-24)28(26,27)19-5-1-3-15-4-2-8-23-20(15)19/h1-8,13H,9-12,14H2. The monoisotopic (exact) mass is 435 g/mol. The molecule has 0 spiro atoms. The van der Waals surface area contributed by atoms with E-state index in [0.717, 1.165) is 10.9 Å². The number of fused-ring (bicyclic) bond motifs is 1. The minimum absolute atomic E-state index is 0.264. The van der Waals surface area contributed by atoms with E-state index in [1.54, 1.807) is 30.5 Å². The van der Waals surface area contributed by atoms with E-state index in [1.165, 1.54) is 4.31 Å². The zero-order chi connectivity index (χ0) is 19.7. The van der Waals surface area contributed by atoms with Crippen LogP contribution in [0.5, 0.6) is 0 Å². The molecular formula is C20H19Cl2N3O2S. The summed E-state index contributed by atoms with van der Waals surface area (Å²) in [5.41, 5.74) is 1.50. The number of piperazine rings is 1. The van der Waals surface area contributed by atoms with Crippen molar-refractivity contribution in [2.45, 2.75) is 11.4 Å². The molecule has 0 radical (unpaired) electrons. The Morgan fingerprint density at radius 2 is 1.71 bits per heavy atom. The van der Waals surface area contributed by atoms with Crippen LogP contribution in [0.4, 0.5) is 0 Å². The number of sulfonamides is 1. The van der Waals surface area contributed by atoms with Gasteiger partial charge < -0.3 is 0 Å². The predicted octanol–water partition coefficient (Wildman–Crippen LogP) is 4.05. The molecule has 1 saturated heterocycles. The van der Waals surface area contributed by atoms with Gasteiger partial charge in [0.25, 0.3) is 0 Å². The first-order valence-corrected chi connectivity index (χ1v) is 11.1. The van der Waals surface area contributed by atoms with Crippen LogP contribution < -0.4 is 0 Å². The summed E-state index contributed by atoms with van der Waals surface area (Å²) in [6, 6.07) is 14.4. The van der Waals surface area contributed by atoms with Gasteiger partial charge in [0, 0.05) is 54.4 Å². The van der Waals surface area contributed by atoms with E-state index in [1.807, 2.05) is 24.3 Å². The van der Waals surface area contributed by atoms with E-state index in [0.29, 0.717) is 48.3 Å². The lowest BCUT2D eigenvalue weighted by Crippen LogP contribution is -2.48. The van der Waals surface area contributed by atoms with Crippen LogP contribution in [-0.2, 0) is 16.6 Å². The topological polar surface area (TPSA) is 53.5 Å². The van der Waals surface area contributed by atoms with Crippen LogP contribution in [-0.4, -0.2) is 48.8 Å². The minimum Gasteiger partial charge on any atom is -0.296 e. The summed E-state index contributed by atoms with van der Waals surface area (Å²) in [4.78, 5) is 6.75. The molecule has 0 atom stereocenters. The maximum atomic E-state index is 13.2. The van der Waals surface area contributed by atoms with E-state index in [9.17, 15) is 8.42 Å². The van der Waals surface area contributed by atoms with E-state index < -0.39 is 10.0 Å². The van der Waals surface area contributed by atoms with Gasteiger partial charge in [-0.05, 0) is 29.8 Å². The maximum absolute atomic E-state index is 13.2. The van der Waals surface area contributed by atoms with Crippen LogP contribution in [0.1, 0.15) is 5.56 Å². The molecule has 0 bridgehead atoms. The zero-order valence-electron chi connectivity index (χ0n) is 15.1. The Balaban J connectivity index is 1.49. The molecule has 0 amide bonds. The number of nitrogens with zero attached hydrogens (tertiary/aromatic N) is 3. The molecule has 2 aromatic carbocycles. The molecule has 8 heteroatoms. The number of para-hydroxylation sites is 1. The van der Waals surface area contributed by atoms with Gasteiger partial charge in [0.15, 0.2) is 0 Å². The summed E-state index contributed by atoms with van der Waals surface area (Å²) < 4.78 is 27.9. The molecule has 3 aromatic rings.